The molecule has 0 N–H and O–H groups in total. The van der Waals surface area contributed by atoms with Crippen molar-refractivity contribution in [2.45, 2.75) is 33.2 Å². The Morgan fingerprint density at radius 2 is 2.15 bits per heavy atom. The molecule has 0 fully saturated rings. The molecule has 0 saturated heterocycles. The number of thiazole rings is 1. The number of esters is 1. The molecule has 0 radical (unpaired) electrons. The van der Waals surface area contributed by atoms with Gasteiger partial charge in [-0.2, -0.15) is 0 Å². The monoisotopic (exact) mass is 300 g/mol. The Morgan fingerprint density at radius 1 is 1.45 bits per heavy atom. The van der Waals surface area contributed by atoms with Crippen molar-refractivity contribution in [3.8, 4) is 0 Å². The maximum Gasteiger partial charge on any atom is 0.325 e. The summed E-state index contributed by atoms with van der Waals surface area (Å²) in [5.41, 5.74) is 0.910. The van der Waals surface area contributed by atoms with E-state index in [1.165, 1.54) is 4.90 Å². The molecule has 1 amide bonds. The Balaban J connectivity index is 2.36. The number of rotatable bonds is 7. The summed E-state index contributed by atoms with van der Waals surface area (Å²) < 4.78 is 6.44. The van der Waals surface area contributed by atoms with Crippen LogP contribution in [0.3, 0.4) is 0 Å². The smallest absolute Gasteiger partial charge is 0.325 e. The highest BCUT2D eigenvalue weighted by molar-refractivity contribution is 7.07. The first-order valence-electron chi connectivity index (χ1n) is 6.50. The zero-order valence-corrected chi connectivity index (χ0v) is 12.9. The van der Waals surface area contributed by atoms with Crippen molar-refractivity contribution in [3.05, 3.63) is 20.7 Å². The lowest BCUT2D eigenvalue weighted by Crippen LogP contribution is -2.33. The topological polar surface area (TPSA) is 68.6 Å². The molecule has 1 rings (SSSR count). The van der Waals surface area contributed by atoms with Crippen LogP contribution in [0.2, 0.25) is 0 Å². The molecule has 0 saturated carbocycles. The minimum Gasteiger partial charge on any atom is -0.465 e. The van der Waals surface area contributed by atoms with E-state index in [-0.39, 0.29) is 17.3 Å². The Labute approximate surface area is 122 Å². The van der Waals surface area contributed by atoms with Gasteiger partial charge >= 0.3 is 10.8 Å². The third-order valence-electron chi connectivity index (χ3n) is 2.85. The average molecular weight is 300 g/mol. The fraction of sp³-hybridized carbons (Fsp3) is 0.615. The minimum absolute atomic E-state index is 0.00479. The lowest BCUT2D eigenvalue weighted by molar-refractivity contribution is -0.148. The summed E-state index contributed by atoms with van der Waals surface area (Å²) in [6.45, 7) is 4.38. The second-order valence-electron chi connectivity index (χ2n) is 4.45. The van der Waals surface area contributed by atoms with Crippen LogP contribution in [0, 0.1) is 6.92 Å². The van der Waals surface area contributed by atoms with Gasteiger partial charge in [-0.1, -0.05) is 11.3 Å². The number of amides is 1. The van der Waals surface area contributed by atoms with E-state index in [2.05, 4.69) is 0 Å². The molecule has 0 aromatic carbocycles. The molecule has 6 nitrogen and oxygen atoms in total. The molecule has 1 aromatic rings. The second kappa shape index (κ2) is 7.84. The summed E-state index contributed by atoms with van der Waals surface area (Å²) in [5, 5.41) is 1.80. The first kappa shape index (κ1) is 16.4. The van der Waals surface area contributed by atoms with Crippen molar-refractivity contribution >= 4 is 23.2 Å². The van der Waals surface area contributed by atoms with Crippen LogP contribution >= 0.6 is 11.3 Å². The Kier molecular flexibility index (Phi) is 6.44. The predicted molar refractivity (Wildman–Crippen MR) is 76.8 cm³/mol. The highest BCUT2D eigenvalue weighted by Gasteiger charge is 2.13. The summed E-state index contributed by atoms with van der Waals surface area (Å²) in [6.07, 6.45) is 0.876. The number of carbonyl (C=O) groups excluding carboxylic acids is 2. The first-order valence-corrected chi connectivity index (χ1v) is 7.38. The quantitative estimate of drug-likeness (QED) is 0.705. The zero-order valence-electron chi connectivity index (χ0n) is 12.0. The van der Waals surface area contributed by atoms with Gasteiger partial charge in [-0.3, -0.25) is 14.4 Å². The van der Waals surface area contributed by atoms with Gasteiger partial charge < -0.3 is 14.2 Å². The van der Waals surface area contributed by atoms with Gasteiger partial charge in [0, 0.05) is 31.1 Å². The largest absolute Gasteiger partial charge is 0.465 e. The van der Waals surface area contributed by atoms with Gasteiger partial charge in [-0.15, -0.1) is 0 Å². The average Bonchev–Trinajstić information content (AvgIpc) is 2.70. The van der Waals surface area contributed by atoms with Crippen molar-refractivity contribution in [2.24, 2.45) is 0 Å². The van der Waals surface area contributed by atoms with E-state index >= 15 is 0 Å². The number of nitrogens with zero attached hydrogens (tertiary/aromatic N) is 2. The van der Waals surface area contributed by atoms with Crippen molar-refractivity contribution in [1.29, 1.82) is 0 Å². The number of aryl methyl sites for hydroxylation is 1. The number of hydrogen-bond acceptors (Lipinski definition) is 5. The second-order valence-corrected chi connectivity index (χ2v) is 5.27. The number of ether oxygens (including phenoxy) is 1. The van der Waals surface area contributed by atoms with Crippen LogP contribution in [-0.4, -0.2) is 41.5 Å². The van der Waals surface area contributed by atoms with Crippen LogP contribution < -0.4 is 4.87 Å². The third kappa shape index (κ3) is 4.80. The molecule has 20 heavy (non-hydrogen) atoms. The number of aromatic nitrogens is 1. The van der Waals surface area contributed by atoms with E-state index in [9.17, 15) is 14.4 Å². The molecule has 0 unspecified atom stereocenters. The van der Waals surface area contributed by atoms with Gasteiger partial charge in [-0.25, -0.2) is 0 Å². The third-order valence-corrected chi connectivity index (χ3v) is 3.73. The molecule has 0 bridgehead atoms. The zero-order chi connectivity index (χ0) is 15.1. The lowest BCUT2D eigenvalue weighted by Gasteiger charge is -2.16. The highest BCUT2D eigenvalue weighted by atomic mass is 32.1. The van der Waals surface area contributed by atoms with Crippen molar-refractivity contribution in [2.75, 3.05) is 20.2 Å². The van der Waals surface area contributed by atoms with E-state index in [1.54, 1.807) is 23.9 Å². The fourth-order valence-corrected chi connectivity index (χ4v) is 2.50. The summed E-state index contributed by atoms with van der Waals surface area (Å²) in [5.74, 6) is -0.535. The molecule has 7 heteroatoms. The summed E-state index contributed by atoms with van der Waals surface area (Å²) >= 11 is 1.16. The van der Waals surface area contributed by atoms with E-state index in [0.29, 0.717) is 26.0 Å². The lowest BCUT2D eigenvalue weighted by atomic mass is 10.2. The Hall–Kier alpha value is -1.63. The number of hydrogen-bond donors (Lipinski definition) is 0. The van der Waals surface area contributed by atoms with Crippen LogP contribution in [0.25, 0.3) is 0 Å². The summed E-state index contributed by atoms with van der Waals surface area (Å²) in [4.78, 5) is 35.9. The first-order chi connectivity index (χ1) is 9.45. The van der Waals surface area contributed by atoms with Crippen molar-refractivity contribution in [3.63, 3.8) is 0 Å². The highest BCUT2D eigenvalue weighted by Crippen LogP contribution is 2.03. The van der Waals surface area contributed by atoms with Crippen LogP contribution in [0.5, 0.6) is 0 Å². The molecule has 1 aromatic heterocycles. The molecule has 0 aliphatic rings. The van der Waals surface area contributed by atoms with Crippen molar-refractivity contribution < 1.29 is 14.3 Å². The normalized spacial score (nSPS) is 10.3. The predicted octanol–water partition coefficient (Wildman–Crippen LogP) is 1.02. The van der Waals surface area contributed by atoms with E-state index in [0.717, 1.165) is 17.0 Å². The van der Waals surface area contributed by atoms with Crippen LogP contribution in [-0.2, 0) is 20.9 Å². The minimum atomic E-state index is -0.409. The van der Waals surface area contributed by atoms with Crippen LogP contribution in [0.1, 0.15) is 25.5 Å². The standard InChI is InChI=1S/C13H20N2O4S/c1-4-19-12(17)8-14(3)11(16)6-5-7-15-10(2)9-20-13(15)18/h9H,4-8H2,1-3H3. The molecule has 112 valence electrons. The van der Waals surface area contributed by atoms with Gasteiger partial charge in [0.1, 0.15) is 6.54 Å². The molecule has 0 spiro atoms. The van der Waals surface area contributed by atoms with Gasteiger partial charge in [0.05, 0.1) is 6.61 Å². The molecular weight excluding hydrogens is 280 g/mol. The maximum atomic E-state index is 11.8. The van der Waals surface area contributed by atoms with Gasteiger partial charge in [0.25, 0.3) is 0 Å². The molecule has 0 aliphatic carbocycles. The SMILES string of the molecule is CCOC(=O)CN(C)C(=O)CCCn1c(C)csc1=O. The maximum absolute atomic E-state index is 11.8. The molecule has 1 heterocycles. The van der Waals surface area contributed by atoms with Gasteiger partial charge in [-0.05, 0) is 20.3 Å². The number of carbonyl (C=O) groups is 2. The number of likely N-dealkylation sites (N-methyl/N-ethyl adjacent to an activating group) is 1. The van der Waals surface area contributed by atoms with E-state index in [4.69, 9.17) is 4.74 Å². The molecular formula is C13H20N2O4S. The summed E-state index contributed by atoms with van der Waals surface area (Å²) in [6, 6.07) is 0. The molecule has 0 aliphatic heterocycles. The van der Waals surface area contributed by atoms with Gasteiger partial charge in [0.15, 0.2) is 0 Å². The fourth-order valence-electron chi connectivity index (χ4n) is 1.74. The van der Waals surface area contributed by atoms with Crippen molar-refractivity contribution in [1.82, 2.24) is 9.47 Å². The van der Waals surface area contributed by atoms with Crippen LogP contribution in [0.15, 0.2) is 10.2 Å². The van der Waals surface area contributed by atoms with Crippen LogP contribution in [0.4, 0.5) is 0 Å². The summed E-state index contributed by atoms with van der Waals surface area (Å²) in [7, 11) is 1.57. The van der Waals surface area contributed by atoms with E-state index < -0.39 is 5.97 Å². The van der Waals surface area contributed by atoms with Gasteiger partial charge in [0.2, 0.25) is 5.91 Å². The Morgan fingerprint density at radius 3 is 2.70 bits per heavy atom. The van der Waals surface area contributed by atoms with E-state index in [1.807, 2.05) is 6.92 Å². The Bertz CT molecular complexity index is 521. The molecule has 0 atom stereocenters.